The standard InChI is InChI=1S/C25H34N2O3/c1-5-20(4)26-25(29)23(6-2)27(17-16-21-10-8-7-9-11-21)24(28)18-30-22-14-12-19(3)13-15-22/h7-15,20,23H,5-6,16-18H2,1-4H3,(H,26,29)/t20-,23+/m1/s1. The Morgan fingerprint density at radius 3 is 2.27 bits per heavy atom. The maximum absolute atomic E-state index is 13.1. The third-order valence-corrected chi connectivity index (χ3v) is 5.25. The fraction of sp³-hybridized carbons (Fsp3) is 0.440. The lowest BCUT2D eigenvalue weighted by atomic mass is 10.1. The molecule has 0 aliphatic carbocycles. The van der Waals surface area contributed by atoms with Gasteiger partial charge in [0.05, 0.1) is 0 Å². The lowest BCUT2D eigenvalue weighted by Gasteiger charge is -2.31. The van der Waals surface area contributed by atoms with Crippen molar-refractivity contribution >= 4 is 11.8 Å². The van der Waals surface area contributed by atoms with Gasteiger partial charge in [0.15, 0.2) is 6.61 Å². The molecule has 0 radical (unpaired) electrons. The molecule has 2 rings (SSSR count). The summed E-state index contributed by atoms with van der Waals surface area (Å²) in [6.07, 6.45) is 2.08. The van der Waals surface area contributed by atoms with Crippen LogP contribution in [0.15, 0.2) is 54.6 Å². The second-order valence-corrected chi connectivity index (χ2v) is 7.67. The first-order valence-electron chi connectivity index (χ1n) is 10.8. The lowest BCUT2D eigenvalue weighted by Crippen LogP contribution is -2.52. The molecular weight excluding hydrogens is 376 g/mol. The van der Waals surface area contributed by atoms with Gasteiger partial charge in [0, 0.05) is 12.6 Å². The van der Waals surface area contributed by atoms with E-state index in [2.05, 4.69) is 5.32 Å². The molecule has 0 saturated heterocycles. The summed E-state index contributed by atoms with van der Waals surface area (Å²) in [7, 11) is 0. The largest absolute Gasteiger partial charge is 0.484 e. The number of rotatable bonds is 11. The Balaban J connectivity index is 2.11. The number of carbonyl (C=O) groups excluding carboxylic acids is 2. The second-order valence-electron chi connectivity index (χ2n) is 7.67. The van der Waals surface area contributed by atoms with Crippen LogP contribution in [-0.2, 0) is 16.0 Å². The fourth-order valence-electron chi connectivity index (χ4n) is 3.20. The van der Waals surface area contributed by atoms with Gasteiger partial charge in [-0.15, -0.1) is 0 Å². The van der Waals surface area contributed by atoms with Crippen molar-refractivity contribution < 1.29 is 14.3 Å². The summed E-state index contributed by atoms with van der Waals surface area (Å²) < 4.78 is 5.71. The van der Waals surface area contributed by atoms with Crippen molar-refractivity contribution in [2.24, 2.45) is 0 Å². The first-order chi connectivity index (χ1) is 14.4. The molecule has 2 amide bonds. The quantitative estimate of drug-likeness (QED) is 0.606. The number of hydrogen-bond acceptors (Lipinski definition) is 3. The Morgan fingerprint density at radius 2 is 1.67 bits per heavy atom. The van der Waals surface area contributed by atoms with Gasteiger partial charge >= 0.3 is 0 Å². The van der Waals surface area contributed by atoms with Crippen molar-refractivity contribution in [2.75, 3.05) is 13.2 Å². The molecular formula is C25H34N2O3. The zero-order valence-corrected chi connectivity index (χ0v) is 18.6. The summed E-state index contributed by atoms with van der Waals surface area (Å²) in [5, 5.41) is 3.02. The summed E-state index contributed by atoms with van der Waals surface area (Å²) in [4.78, 5) is 27.6. The Labute approximate surface area is 180 Å². The van der Waals surface area contributed by atoms with Gasteiger partial charge in [0.2, 0.25) is 5.91 Å². The molecule has 1 N–H and O–H groups in total. The molecule has 30 heavy (non-hydrogen) atoms. The third-order valence-electron chi connectivity index (χ3n) is 5.25. The van der Waals surface area contributed by atoms with Crippen molar-refractivity contribution in [3.63, 3.8) is 0 Å². The average Bonchev–Trinajstić information content (AvgIpc) is 2.76. The number of ether oxygens (including phenoxy) is 1. The highest BCUT2D eigenvalue weighted by Crippen LogP contribution is 2.14. The monoisotopic (exact) mass is 410 g/mol. The van der Waals surface area contributed by atoms with Crippen LogP contribution in [0.4, 0.5) is 0 Å². The van der Waals surface area contributed by atoms with E-state index >= 15 is 0 Å². The van der Waals surface area contributed by atoms with Gasteiger partial charge in [0.1, 0.15) is 11.8 Å². The van der Waals surface area contributed by atoms with E-state index < -0.39 is 6.04 Å². The van der Waals surface area contributed by atoms with Crippen molar-refractivity contribution in [1.29, 1.82) is 0 Å². The Bertz CT molecular complexity index is 790. The summed E-state index contributed by atoms with van der Waals surface area (Å²) in [5.74, 6) is 0.357. The topological polar surface area (TPSA) is 58.6 Å². The van der Waals surface area contributed by atoms with Crippen LogP contribution in [0.3, 0.4) is 0 Å². The molecule has 2 aromatic carbocycles. The van der Waals surface area contributed by atoms with Gasteiger partial charge < -0.3 is 15.0 Å². The van der Waals surface area contributed by atoms with Gasteiger partial charge in [0.25, 0.3) is 5.91 Å². The van der Waals surface area contributed by atoms with E-state index in [0.29, 0.717) is 25.1 Å². The number of amides is 2. The van der Waals surface area contributed by atoms with Gasteiger partial charge in [-0.25, -0.2) is 0 Å². The molecule has 2 atom stereocenters. The van der Waals surface area contributed by atoms with E-state index in [1.54, 1.807) is 4.90 Å². The minimum Gasteiger partial charge on any atom is -0.484 e. The number of nitrogens with zero attached hydrogens (tertiary/aromatic N) is 1. The second kappa shape index (κ2) is 12.0. The number of nitrogens with one attached hydrogen (secondary N) is 1. The van der Waals surface area contributed by atoms with E-state index in [4.69, 9.17) is 4.74 Å². The molecule has 0 aliphatic rings. The number of benzene rings is 2. The molecule has 2 aromatic rings. The molecule has 5 nitrogen and oxygen atoms in total. The van der Waals surface area contributed by atoms with Gasteiger partial charge in [-0.1, -0.05) is 61.9 Å². The van der Waals surface area contributed by atoms with Crippen LogP contribution in [0.5, 0.6) is 5.75 Å². The highest BCUT2D eigenvalue weighted by Gasteiger charge is 2.29. The van der Waals surface area contributed by atoms with Crippen molar-refractivity contribution in [1.82, 2.24) is 10.2 Å². The third kappa shape index (κ3) is 7.21. The number of carbonyl (C=O) groups is 2. The summed E-state index contributed by atoms with van der Waals surface area (Å²) in [5.41, 5.74) is 2.26. The van der Waals surface area contributed by atoms with Gasteiger partial charge in [-0.05, 0) is 50.8 Å². The highest BCUT2D eigenvalue weighted by atomic mass is 16.5. The summed E-state index contributed by atoms with van der Waals surface area (Å²) >= 11 is 0. The van der Waals surface area contributed by atoms with Crippen molar-refractivity contribution in [3.8, 4) is 5.75 Å². The molecule has 0 saturated carbocycles. The van der Waals surface area contributed by atoms with E-state index in [9.17, 15) is 9.59 Å². The molecule has 0 unspecified atom stereocenters. The summed E-state index contributed by atoms with van der Waals surface area (Å²) in [6, 6.07) is 17.1. The summed E-state index contributed by atoms with van der Waals surface area (Å²) in [6.45, 7) is 8.31. The normalized spacial score (nSPS) is 12.7. The molecule has 0 heterocycles. The minimum atomic E-state index is -0.517. The number of hydrogen-bond donors (Lipinski definition) is 1. The molecule has 0 aliphatic heterocycles. The maximum atomic E-state index is 13.1. The van der Waals surface area contributed by atoms with E-state index in [1.165, 1.54) is 0 Å². The predicted octanol–water partition coefficient (Wildman–Crippen LogP) is 4.14. The minimum absolute atomic E-state index is 0.0708. The molecule has 162 valence electrons. The Hall–Kier alpha value is -2.82. The van der Waals surface area contributed by atoms with Crippen LogP contribution in [0.25, 0.3) is 0 Å². The van der Waals surface area contributed by atoms with E-state index in [-0.39, 0.29) is 24.5 Å². The molecule has 0 spiro atoms. The van der Waals surface area contributed by atoms with Gasteiger partial charge in [-0.2, -0.15) is 0 Å². The Morgan fingerprint density at radius 1 is 1.00 bits per heavy atom. The maximum Gasteiger partial charge on any atom is 0.261 e. The predicted molar refractivity (Wildman–Crippen MR) is 121 cm³/mol. The van der Waals surface area contributed by atoms with Crippen LogP contribution in [0.1, 0.15) is 44.7 Å². The van der Waals surface area contributed by atoms with E-state index in [0.717, 1.165) is 17.5 Å². The number of aryl methyl sites for hydroxylation is 1. The fourth-order valence-corrected chi connectivity index (χ4v) is 3.20. The van der Waals surface area contributed by atoms with Crippen molar-refractivity contribution in [2.45, 2.75) is 59.0 Å². The van der Waals surface area contributed by atoms with Gasteiger partial charge in [-0.3, -0.25) is 9.59 Å². The molecule has 0 bridgehead atoms. The van der Waals surface area contributed by atoms with Crippen LogP contribution in [-0.4, -0.2) is 41.9 Å². The zero-order valence-electron chi connectivity index (χ0n) is 18.6. The van der Waals surface area contributed by atoms with Crippen LogP contribution >= 0.6 is 0 Å². The van der Waals surface area contributed by atoms with E-state index in [1.807, 2.05) is 82.3 Å². The van der Waals surface area contributed by atoms with Crippen LogP contribution in [0.2, 0.25) is 0 Å². The smallest absolute Gasteiger partial charge is 0.261 e. The first-order valence-corrected chi connectivity index (χ1v) is 10.8. The average molecular weight is 411 g/mol. The molecule has 0 fully saturated rings. The SMILES string of the molecule is CC[C@@H](C)NC(=O)[C@H](CC)N(CCc1ccccc1)C(=O)COc1ccc(C)cc1. The lowest BCUT2D eigenvalue weighted by molar-refractivity contribution is -0.142. The molecule has 5 heteroatoms. The Kier molecular flexibility index (Phi) is 9.39. The highest BCUT2D eigenvalue weighted by molar-refractivity contribution is 5.88. The zero-order chi connectivity index (χ0) is 21.9. The van der Waals surface area contributed by atoms with Crippen LogP contribution < -0.4 is 10.1 Å². The molecule has 0 aromatic heterocycles. The van der Waals surface area contributed by atoms with Crippen molar-refractivity contribution in [3.05, 3.63) is 65.7 Å². The van der Waals surface area contributed by atoms with Crippen LogP contribution in [0, 0.1) is 6.92 Å². The first kappa shape index (κ1) is 23.5.